The second-order valence-corrected chi connectivity index (χ2v) is 4.36. The summed E-state index contributed by atoms with van der Waals surface area (Å²) in [7, 11) is 0. The number of hydrogen-bond donors (Lipinski definition) is 2. The smallest absolute Gasteiger partial charge is 0.123 e. The van der Waals surface area contributed by atoms with Crippen LogP contribution in [0.3, 0.4) is 0 Å². The van der Waals surface area contributed by atoms with E-state index in [0.717, 1.165) is 18.7 Å². The molecule has 0 aliphatic heterocycles. The van der Waals surface area contributed by atoms with Gasteiger partial charge in [0.15, 0.2) is 0 Å². The lowest BCUT2D eigenvalue weighted by molar-refractivity contribution is 0.334. The first-order valence-electron chi connectivity index (χ1n) is 5.94. The van der Waals surface area contributed by atoms with Crippen molar-refractivity contribution in [1.82, 2.24) is 15.3 Å². The summed E-state index contributed by atoms with van der Waals surface area (Å²) in [5, 5.41) is 3.66. The molecule has 2 N–H and O–H groups in total. The van der Waals surface area contributed by atoms with Gasteiger partial charge in [-0.1, -0.05) is 27.7 Å². The minimum Gasteiger partial charge on any atom is -0.347 e. The fourth-order valence-corrected chi connectivity index (χ4v) is 1.90. The average Bonchev–Trinajstić information content (AvgIpc) is 2.72. The van der Waals surface area contributed by atoms with Gasteiger partial charge in [0, 0.05) is 18.4 Å². The molecular weight excluding hydrogens is 186 g/mol. The van der Waals surface area contributed by atoms with Crippen LogP contribution in [-0.2, 0) is 0 Å². The molecule has 0 saturated heterocycles. The van der Waals surface area contributed by atoms with Crippen molar-refractivity contribution >= 4 is 0 Å². The van der Waals surface area contributed by atoms with E-state index in [2.05, 4.69) is 43.0 Å². The minimum absolute atomic E-state index is 0.354. The van der Waals surface area contributed by atoms with Gasteiger partial charge in [0.25, 0.3) is 0 Å². The lowest BCUT2D eigenvalue weighted by Gasteiger charge is -2.25. The fraction of sp³-hybridized carbons (Fsp3) is 0.750. The maximum absolute atomic E-state index is 4.32. The standard InChI is InChI=1S/C12H23N3/c1-5-10(9(3)4)15-11(6-2)12-13-7-8-14-12/h7-11,15H,5-6H2,1-4H3,(H,13,14). The van der Waals surface area contributed by atoms with E-state index in [1.54, 1.807) is 0 Å². The maximum atomic E-state index is 4.32. The molecule has 86 valence electrons. The van der Waals surface area contributed by atoms with Crippen molar-refractivity contribution in [1.29, 1.82) is 0 Å². The Bertz CT molecular complexity index is 254. The van der Waals surface area contributed by atoms with Gasteiger partial charge >= 0.3 is 0 Å². The Kier molecular flexibility index (Phi) is 4.82. The number of imidazole rings is 1. The minimum atomic E-state index is 0.354. The van der Waals surface area contributed by atoms with Gasteiger partial charge in [-0.2, -0.15) is 0 Å². The fourth-order valence-electron chi connectivity index (χ4n) is 1.90. The monoisotopic (exact) mass is 209 g/mol. The summed E-state index contributed by atoms with van der Waals surface area (Å²) < 4.78 is 0. The zero-order chi connectivity index (χ0) is 11.3. The molecule has 0 amide bonds. The predicted octanol–water partition coefficient (Wildman–Crippen LogP) is 2.89. The summed E-state index contributed by atoms with van der Waals surface area (Å²) in [4.78, 5) is 7.50. The summed E-state index contributed by atoms with van der Waals surface area (Å²) in [5.74, 6) is 1.72. The Balaban J connectivity index is 2.60. The van der Waals surface area contributed by atoms with Crippen molar-refractivity contribution in [2.45, 2.75) is 52.6 Å². The maximum Gasteiger partial charge on any atom is 0.123 e. The van der Waals surface area contributed by atoms with Crippen molar-refractivity contribution in [2.24, 2.45) is 5.92 Å². The van der Waals surface area contributed by atoms with E-state index in [1.807, 2.05) is 12.4 Å². The molecule has 1 heterocycles. The highest BCUT2D eigenvalue weighted by atomic mass is 15.0. The Labute approximate surface area is 92.7 Å². The topological polar surface area (TPSA) is 40.7 Å². The molecule has 0 radical (unpaired) electrons. The predicted molar refractivity (Wildman–Crippen MR) is 63.7 cm³/mol. The first-order valence-corrected chi connectivity index (χ1v) is 5.94. The molecule has 0 spiro atoms. The van der Waals surface area contributed by atoms with Crippen LogP contribution in [-0.4, -0.2) is 16.0 Å². The van der Waals surface area contributed by atoms with Gasteiger partial charge in [-0.25, -0.2) is 4.98 Å². The van der Waals surface area contributed by atoms with Gasteiger partial charge in [0.05, 0.1) is 6.04 Å². The van der Waals surface area contributed by atoms with Crippen LogP contribution in [0.2, 0.25) is 0 Å². The van der Waals surface area contributed by atoms with E-state index in [9.17, 15) is 0 Å². The van der Waals surface area contributed by atoms with Gasteiger partial charge in [0.1, 0.15) is 5.82 Å². The number of hydrogen-bond acceptors (Lipinski definition) is 2. The summed E-state index contributed by atoms with van der Waals surface area (Å²) in [5.41, 5.74) is 0. The van der Waals surface area contributed by atoms with Crippen LogP contribution < -0.4 is 5.32 Å². The number of H-pyrrole nitrogens is 1. The molecule has 2 unspecified atom stereocenters. The van der Waals surface area contributed by atoms with Gasteiger partial charge in [0.2, 0.25) is 0 Å². The van der Waals surface area contributed by atoms with Crippen LogP contribution in [0.5, 0.6) is 0 Å². The number of nitrogens with zero attached hydrogens (tertiary/aromatic N) is 1. The molecule has 1 aromatic heterocycles. The van der Waals surface area contributed by atoms with E-state index in [4.69, 9.17) is 0 Å². The third-order valence-corrected chi connectivity index (χ3v) is 2.92. The van der Waals surface area contributed by atoms with Gasteiger partial charge in [-0.15, -0.1) is 0 Å². The van der Waals surface area contributed by atoms with Crippen molar-refractivity contribution < 1.29 is 0 Å². The van der Waals surface area contributed by atoms with Gasteiger partial charge < -0.3 is 10.3 Å². The van der Waals surface area contributed by atoms with Crippen LogP contribution in [0.1, 0.15) is 52.4 Å². The Morgan fingerprint density at radius 3 is 2.47 bits per heavy atom. The molecule has 0 aliphatic carbocycles. The average molecular weight is 209 g/mol. The highest BCUT2D eigenvalue weighted by Crippen LogP contribution is 2.16. The van der Waals surface area contributed by atoms with E-state index >= 15 is 0 Å². The summed E-state index contributed by atoms with van der Waals surface area (Å²) >= 11 is 0. The summed E-state index contributed by atoms with van der Waals surface area (Å²) in [6.45, 7) is 8.94. The first-order chi connectivity index (χ1) is 7.19. The van der Waals surface area contributed by atoms with Crippen molar-refractivity contribution in [3.63, 3.8) is 0 Å². The second-order valence-electron chi connectivity index (χ2n) is 4.36. The molecule has 2 atom stereocenters. The molecule has 1 aromatic rings. The van der Waals surface area contributed by atoms with Crippen LogP contribution >= 0.6 is 0 Å². The number of aromatic nitrogens is 2. The molecule has 0 saturated carbocycles. The lowest BCUT2D eigenvalue weighted by atomic mass is 10.00. The third kappa shape index (κ3) is 3.34. The lowest BCUT2D eigenvalue weighted by Crippen LogP contribution is -2.36. The van der Waals surface area contributed by atoms with E-state index in [-0.39, 0.29) is 0 Å². The van der Waals surface area contributed by atoms with E-state index < -0.39 is 0 Å². The zero-order valence-corrected chi connectivity index (χ0v) is 10.2. The molecule has 15 heavy (non-hydrogen) atoms. The Hall–Kier alpha value is -0.830. The highest BCUT2D eigenvalue weighted by Gasteiger charge is 2.18. The Morgan fingerprint density at radius 1 is 1.33 bits per heavy atom. The van der Waals surface area contributed by atoms with Crippen LogP contribution in [0, 0.1) is 5.92 Å². The number of rotatable bonds is 6. The third-order valence-electron chi connectivity index (χ3n) is 2.92. The molecule has 1 rings (SSSR count). The zero-order valence-electron chi connectivity index (χ0n) is 10.2. The quantitative estimate of drug-likeness (QED) is 0.756. The summed E-state index contributed by atoms with van der Waals surface area (Å²) in [6.07, 6.45) is 5.93. The SMILES string of the molecule is CCC(NC(CC)C(C)C)c1ncc[nH]1. The van der Waals surface area contributed by atoms with Crippen molar-refractivity contribution in [3.8, 4) is 0 Å². The van der Waals surface area contributed by atoms with Crippen LogP contribution in [0.25, 0.3) is 0 Å². The molecule has 0 fully saturated rings. The molecule has 0 bridgehead atoms. The molecular formula is C12H23N3. The molecule has 0 aliphatic rings. The van der Waals surface area contributed by atoms with Crippen LogP contribution in [0.4, 0.5) is 0 Å². The molecule has 0 aromatic carbocycles. The molecule has 3 heteroatoms. The van der Waals surface area contributed by atoms with Crippen molar-refractivity contribution in [2.75, 3.05) is 0 Å². The van der Waals surface area contributed by atoms with E-state index in [1.165, 1.54) is 0 Å². The second kappa shape index (κ2) is 5.91. The van der Waals surface area contributed by atoms with Gasteiger partial charge in [-0.3, -0.25) is 0 Å². The van der Waals surface area contributed by atoms with Crippen LogP contribution in [0.15, 0.2) is 12.4 Å². The highest BCUT2D eigenvalue weighted by molar-refractivity contribution is 4.96. The number of nitrogens with one attached hydrogen (secondary N) is 2. The first kappa shape index (κ1) is 12.2. The molecule has 3 nitrogen and oxygen atoms in total. The number of aromatic amines is 1. The summed E-state index contributed by atoms with van der Waals surface area (Å²) in [6, 6.07) is 0.924. The largest absolute Gasteiger partial charge is 0.347 e. The van der Waals surface area contributed by atoms with E-state index in [0.29, 0.717) is 18.0 Å². The van der Waals surface area contributed by atoms with Crippen molar-refractivity contribution in [3.05, 3.63) is 18.2 Å². The normalized spacial score (nSPS) is 15.5. The van der Waals surface area contributed by atoms with Gasteiger partial charge in [-0.05, 0) is 18.8 Å². The Morgan fingerprint density at radius 2 is 2.07 bits per heavy atom.